The van der Waals surface area contributed by atoms with Gasteiger partial charge in [0.15, 0.2) is 6.61 Å². The van der Waals surface area contributed by atoms with Gasteiger partial charge in [-0.3, -0.25) is 4.79 Å². The molecule has 0 fully saturated rings. The molecule has 3 N–H and O–H groups in total. The molecule has 1 aromatic heterocycles. The summed E-state index contributed by atoms with van der Waals surface area (Å²) >= 11 is 5.68. The first-order chi connectivity index (χ1) is 12.2. The predicted octanol–water partition coefficient (Wildman–Crippen LogP) is 1.19. The molecule has 0 unspecified atom stereocenters. The average molecular weight is 400 g/mol. The maximum absolute atomic E-state index is 12.2. The molecule has 138 valence electrons. The van der Waals surface area contributed by atoms with E-state index in [9.17, 15) is 18.0 Å². The van der Waals surface area contributed by atoms with Crippen molar-refractivity contribution in [3.05, 3.63) is 47.1 Å². The quantitative estimate of drug-likeness (QED) is 0.695. The zero-order chi connectivity index (χ0) is 19.3. The third kappa shape index (κ3) is 5.15. The molecule has 1 aromatic carbocycles. The molecule has 11 heteroatoms. The highest BCUT2D eigenvalue weighted by atomic mass is 35.5. The fourth-order valence-electron chi connectivity index (χ4n) is 1.86. The van der Waals surface area contributed by atoms with E-state index in [1.807, 2.05) is 0 Å². The monoisotopic (exact) mass is 399 g/mol. The topological polar surface area (TPSA) is 138 Å². The molecule has 0 bridgehead atoms. The van der Waals surface area contributed by atoms with E-state index < -0.39 is 28.5 Å². The van der Waals surface area contributed by atoms with Crippen LogP contribution in [0.25, 0.3) is 0 Å². The van der Waals surface area contributed by atoms with Crippen LogP contribution in [0.3, 0.4) is 0 Å². The minimum absolute atomic E-state index is 0.0715. The number of primary sulfonamides is 1. The highest BCUT2D eigenvalue weighted by Gasteiger charge is 2.19. The first kappa shape index (κ1) is 19.6. The summed E-state index contributed by atoms with van der Waals surface area (Å²) in [7, 11) is -2.73. The molecule has 0 saturated heterocycles. The Kier molecular flexibility index (Phi) is 6.14. The molecule has 0 radical (unpaired) electrons. The normalized spacial score (nSPS) is 10.9. The number of hydrogen-bond donors (Lipinski definition) is 2. The maximum Gasteiger partial charge on any atom is 0.342 e. The number of benzene rings is 1. The molecule has 0 saturated carbocycles. The number of rotatable bonds is 6. The second kappa shape index (κ2) is 8.13. The molecule has 0 spiro atoms. The number of amides is 1. The van der Waals surface area contributed by atoms with Crippen molar-refractivity contribution in [2.75, 3.05) is 19.0 Å². The van der Waals surface area contributed by atoms with Crippen LogP contribution in [0.5, 0.6) is 5.75 Å². The molecule has 26 heavy (non-hydrogen) atoms. The van der Waals surface area contributed by atoms with Crippen molar-refractivity contribution in [1.82, 2.24) is 4.98 Å². The lowest BCUT2D eigenvalue weighted by molar-refractivity contribution is -0.119. The zero-order valence-electron chi connectivity index (χ0n) is 13.4. The highest BCUT2D eigenvalue weighted by Crippen LogP contribution is 2.22. The van der Waals surface area contributed by atoms with E-state index >= 15 is 0 Å². The maximum atomic E-state index is 12.2. The number of nitrogens with two attached hydrogens (primary N) is 1. The number of esters is 1. The molecule has 0 aliphatic heterocycles. The number of hydrogen-bond acceptors (Lipinski definition) is 7. The molecule has 0 aliphatic carbocycles. The number of anilines is 1. The van der Waals surface area contributed by atoms with Gasteiger partial charge in [-0.15, -0.1) is 0 Å². The van der Waals surface area contributed by atoms with Crippen LogP contribution in [0.15, 0.2) is 41.4 Å². The third-order valence-electron chi connectivity index (χ3n) is 3.05. The highest BCUT2D eigenvalue weighted by molar-refractivity contribution is 7.89. The molecule has 0 atom stereocenters. The summed E-state index contributed by atoms with van der Waals surface area (Å²) in [5.41, 5.74) is -0.184. The van der Waals surface area contributed by atoms with Gasteiger partial charge in [-0.1, -0.05) is 11.6 Å². The molecular formula is C15H14ClN3O6S. The van der Waals surface area contributed by atoms with Crippen LogP contribution in [-0.2, 0) is 19.6 Å². The van der Waals surface area contributed by atoms with Gasteiger partial charge in [0.2, 0.25) is 10.0 Å². The first-order valence-corrected chi connectivity index (χ1v) is 8.92. The van der Waals surface area contributed by atoms with Crippen LogP contribution in [0, 0.1) is 0 Å². The number of methoxy groups -OCH3 is 1. The number of pyridine rings is 1. The summed E-state index contributed by atoms with van der Waals surface area (Å²) in [6.07, 6.45) is 1.34. The summed E-state index contributed by atoms with van der Waals surface area (Å²) in [6, 6.07) is 6.45. The lowest BCUT2D eigenvalue weighted by Gasteiger charge is -2.10. The van der Waals surface area contributed by atoms with Crippen molar-refractivity contribution in [3.8, 4) is 5.75 Å². The molecule has 9 nitrogen and oxygen atoms in total. The number of carbonyl (C=O) groups is 2. The number of ether oxygens (including phenoxy) is 2. The summed E-state index contributed by atoms with van der Waals surface area (Å²) in [5, 5.41) is 7.84. The van der Waals surface area contributed by atoms with E-state index in [4.69, 9.17) is 26.2 Å². The van der Waals surface area contributed by atoms with E-state index in [1.54, 1.807) is 0 Å². The van der Waals surface area contributed by atoms with Crippen molar-refractivity contribution in [2.45, 2.75) is 4.90 Å². The van der Waals surface area contributed by atoms with E-state index in [2.05, 4.69) is 10.3 Å². The Labute approximate surface area is 154 Å². The lowest BCUT2D eigenvalue weighted by atomic mass is 10.2. The van der Waals surface area contributed by atoms with Gasteiger partial charge in [0, 0.05) is 6.20 Å². The molecule has 1 heterocycles. The first-order valence-electron chi connectivity index (χ1n) is 7.00. The number of halogens is 1. The van der Waals surface area contributed by atoms with Crippen LogP contribution < -0.4 is 15.2 Å². The molecule has 0 aliphatic rings. The Morgan fingerprint density at radius 3 is 2.58 bits per heavy atom. The van der Waals surface area contributed by atoms with Gasteiger partial charge in [-0.25, -0.2) is 23.3 Å². The Morgan fingerprint density at radius 1 is 1.27 bits per heavy atom. The van der Waals surface area contributed by atoms with Gasteiger partial charge >= 0.3 is 5.97 Å². The Morgan fingerprint density at radius 2 is 2.00 bits per heavy atom. The van der Waals surface area contributed by atoms with E-state index in [0.717, 1.165) is 6.07 Å². The fourth-order valence-corrected chi connectivity index (χ4v) is 2.51. The number of carbonyl (C=O) groups excluding carboxylic acids is 2. The molecule has 1 amide bonds. The Hall–Kier alpha value is -2.69. The van der Waals surface area contributed by atoms with E-state index in [0.29, 0.717) is 5.02 Å². The Bertz CT molecular complexity index is 931. The standard InChI is InChI=1S/C15H14ClN3O6S/c1-24-12-4-3-10(26(17,22)23)6-11(12)15(21)25-8-14(20)19-13-5-2-9(16)7-18-13/h2-7H,8H2,1H3,(H2,17,22,23)(H,18,19,20). The minimum atomic E-state index is -4.02. The van der Waals surface area contributed by atoms with Crippen molar-refractivity contribution in [2.24, 2.45) is 5.14 Å². The summed E-state index contributed by atoms with van der Waals surface area (Å²) in [4.78, 5) is 27.5. The fraction of sp³-hybridized carbons (Fsp3) is 0.133. The van der Waals surface area contributed by atoms with Gasteiger partial charge in [-0.2, -0.15) is 0 Å². The largest absolute Gasteiger partial charge is 0.496 e. The van der Waals surface area contributed by atoms with Crippen molar-refractivity contribution >= 4 is 39.3 Å². The Balaban J connectivity index is 2.07. The second-order valence-corrected chi connectivity index (χ2v) is 6.89. The van der Waals surface area contributed by atoms with Crippen LogP contribution in [-0.4, -0.2) is 39.0 Å². The van der Waals surface area contributed by atoms with E-state index in [-0.39, 0.29) is 22.0 Å². The van der Waals surface area contributed by atoms with Crippen molar-refractivity contribution in [3.63, 3.8) is 0 Å². The van der Waals surface area contributed by atoms with Gasteiger partial charge in [0.25, 0.3) is 5.91 Å². The summed E-state index contributed by atoms with van der Waals surface area (Å²) < 4.78 is 32.7. The number of sulfonamides is 1. The van der Waals surface area contributed by atoms with Gasteiger partial charge in [-0.05, 0) is 30.3 Å². The lowest BCUT2D eigenvalue weighted by Crippen LogP contribution is -2.22. The van der Waals surface area contributed by atoms with Gasteiger partial charge < -0.3 is 14.8 Å². The van der Waals surface area contributed by atoms with Crippen molar-refractivity contribution < 1.29 is 27.5 Å². The van der Waals surface area contributed by atoms with Crippen LogP contribution >= 0.6 is 11.6 Å². The van der Waals surface area contributed by atoms with E-state index in [1.165, 1.54) is 37.6 Å². The molecule has 2 aromatic rings. The smallest absolute Gasteiger partial charge is 0.342 e. The number of aromatic nitrogens is 1. The van der Waals surface area contributed by atoms with Gasteiger partial charge in [0.05, 0.1) is 17.0 Å². The number of nitrogens with zero attached hydrogens (tertiary/aromatic N) is 1. The third-order valence-corrected chi connectivity index (χ3v) is 4.18. The minimum Gasteiger partial charge on any atom is -0.496 e. The molecular weight excluding hydrogens is 386 g/mol. The zero-order valence-corrected chi connectivity index (χ0v) is 15.0. The van der Waals surface area contributed by atoms with Crippen molar-refractivity contribution in [1.29, 1.82) is 0 Å². The predicted molar refractivity (Wildman–Crippen MR) is 92.5 cm³/mol. The molecule has 2 rings (SSSR count). The van der Waals surface area contributed by atoms with Crippen LogP contribution in [0.2, 0.25) is 5.02 Å². The van der Waals surface area contributed by atoms with Gasteiger partial charge in [0.1, 0.15) is 17.1 Å². The van der Waals surface area contributed by atoms with Crippen LogP contribution in [0.1, 0.15) is 10.4 Å². The number of nitrogens with one attached hydrogen (secondary N) is 1. The SMILES string of the molecule is COc1ccc(S(N)(=O)=O)cc1C(=O)OCC(=O)Nc1ccc(Cl)cn1. The summed E-state index contributed by atoms with van der Waals surface area (Å²) in [5.74, 6) is -1.30. The van der Waals surface area contributed by atoms with Crippen LogP contribution in [0.4, 0.5) is 5.82 Å². The summed E-state index contributed by atoms with van der Waals surface area (Å²) in [6.45, 7) is -0.619. The second-order valence-electron chi connectivity index (χ2n) is 4.89. The average Bonchev–Trinajstić information content (AvgIpc) is 2.60.